The standard InChI is InChI=1S/C18H19N7OS/c1-24(9-11-4-3-5-14-12(11)7-20-23-14)21-8-13-15(10-26)25(2)18-17(13)27-16(6-19)22-18/h3-5,7-8,10H,6,9,19H2,1-2H3,(H,20,23)/b21-8-. The molecule has 0 atom stereocenters. The highest BCUT2D eigenvalue weighted by Crippen LogP contribution is 2.29. The zero-order valence-corrected chi connectivity index (χ0v) is 15.8. The van der Waals surface area contributed by atoms with Crippen molar-refractivity contribution in [3.63, 3.8) is 0 Å². The Hall–Kier alpha value is -3.04. The van der Waals surface area contributed by atoms with Crippen LogP contribution >= 0.6 is 11.3 Å². The summed E-state index contributed by atoms with van der Waals surface area (Å²) in [6, 6.07) is 6.04. The average molecular weight is 381 g/mol. The Morgan fingerprint density at radius 2 is 2.30 bits per heavy atom. The lowest BCUT2D eigenvalue weighted by atomic mass is 10.1. The minimum Gasteiger partial charge on any atom is -0.325 e. The third-order valence-electron chi connectivity index (χ3n) is 4.50. The molecular weight excluding hydrogens is 362 g/mol. The largest absolute Gasteiger partial charge is 0.325 e. The van der Waals surface area contributed by atoms with Crippen molar-refractivity contribution in [1.82, 2.24) is 24.8 Å². The van der Waals surface area contributed by atoms with Crippen LogP contribution < -0.4 is 5.73 Å². The predicted molar refractivity (Wildman–Crippen MR) is 107 cm³/mol. The summed E-state index contributed by atoms with van der Waals surface area (Å²) in [5.41, 5.74) is 9.92. The van der Waals surface area contributed by atoms with Crippen LogP contribution in [0.5, 0.6) is 0 Å². The topological polar surface area (TPSA) is 105 Å². The number of hydrogen-bond donors (Lipinski definition) is 2. The van der Waals surface area contributed by atoms with Gasteiger partial charge in [0.15, 0.2) is 11.9 Å². The third-order valence-corrected chi connectivity index (χ3v) is 5.60. The Labute approximate surface area is 159 Å². The zero-order valence-electron chi connectivity index (χ0n) is 15.0. The van der Waals surface area contributed by atoms with Crippen molar-refractivity contribution in [2.75, 3.05) is 7.05 Å². The van der Waals surface area contributed by atoms with Crippen LogP contribution in [0.3, 0.4) is 0 Å². The lowest BCUT2D eigenvalue weighted by Crippen LogP contribution is -2.11. The molecule has 3 heterocycles. The van der Waals surface area contributed by atoms with Gasteiger partial charge < -0.3 is 10.3 Å². The Bertz CT molecular complexity index is 1150. The Balaban J connectivity index is 1.65. The van der Waals surface area contributed by atoms with Crippen molar-refractivity contribution in [3.8, 4) is 0 Å². The number of thiazole rings is 1. The summed E-state index contributed by atoms with van der Waals surface area (Å²) in [6.45, 7) is 0.997. The van der Waals surface area contributed by atoms with Gasteiger partial charge in [-0.3, -0.25) is 14.9 Å². The highest BCUT2D eigenvalue weighted by Gasteiger charge is 2.18. The van der Waals surface area contributed by atoms with E-state index in [9.17, 15) is 4.79 Å². The molecule has 0 saturated heterocycles. The molecule has 4 aromatic rings. The second kappa shape index (κ2) is 6.93. The van der Waals surface area contributed by atoms with Gasteiger partial charge in [-0.05, 0) is 11.6 Å². The van der Waals surface area contributed by atoms with E-state index in [1.807, 2.05) is 37.4 Å². The molecule has 3 N–H and O–H groups in total. The first-order valence-corrected chi connectivity index (χ1v) is 9.23. The number of aromatic amines is 1. The van der Waals surface area contributed by atoms with Crippen LogP contribution in [0.4, 0.5) is 0 Å². The Kier molecular flexibility index (Phi) is 4.46. The molecule has 0 aliphatic rings. The summed E-state index contributed by atoms with van der Waals surface area (Å²) >= 11 is 1.49. The maximum atomic E-state index is 11.6. The molecule has 0 aliphatic carbocycles. The van der Waals surface area contributed by atoms with Gasteiger partial charge in [0.2, 0.25) is 0 Å². The lowest BCUT2D eigenvalue weighted by Gasteiger charge is -2.13. The summed E-state index contributed by atoms with van der Waals surface area (Å²) in [7, 11) is 3.72. The molecule has 138 valence electrons. The molecule has 27 heavy (non-hydrogen) atoms. The molecular formula is C18H19N7OS. The quantitative estimate of drug-likeness (QED) is 0.303. The summed E-state index contributed by atoms with van der Waals surface area (Å²) in [5, 5.41) is 15.4. The SMILES string of the molecule is CN(Cc1cccc2[nH]ncc12)/N=C\c1c(C=O)n(C)c2nc(CN)sc12. The van der Waals surface area contributed by atoms with Gasteiger partial charge in [0.25, 0.3) is 0 Å². The first kappa shape index (κ1) is 17.4. The number of nitrogens with one attached hydrogen (secondary N) is 1. The van der Waals surface area contributed by atoms with E-state index in [2.05, 4.69) is 26.3 Å². The normalized spacial score (nSPS) is 11.8. The van der Waals surface area contributed by atoms with Crippen molar-refractivity contribution in [2.45, 2.75) is 13.1 Å². The van der Waals surface area contributed by atoms with Crippen molar-refractivity contribution >= 4 is 45.1 Å². The molecule has 4 rings (SSSR count). The van der Waals surface area contributed by atoms with Crippen LogP contribution in [-0.4, -0.2) is 44.3 Å². The molecule has 0 spiro atoms. The number of aryl methyl sites for hydroxylation is 1. The van der Waals surface area contributed by atoms with Gasteiger partial charge >= 0.3 is 0 Å². The van der Waals surface area contributed by atoms with E-state index in [0.29, 0.717) is 18.8 Å². The van der Waals surface area contributed by atoms with Crippen LogP contribution in [0.25, 0.3) is 21.3 Å². The summed E-state index contributed by atoms with van der Waals surface area (Å²) < 4.78 is 2.71. The third kappa shape index (κ3) is 3.00. The average Bonchev–Trinajstić information content (AvgIpc) is 3.36. The van der Waals surface area contributed by atoms with E-state index in [-0.39, 0.29) is 0 Å². The molecule has 0 fully saturated rings. The molecule has 0 saturated carbocycles. The molecule has 8 nitrogen and oxygen atoms in total. The maximum Gasteiger partial charge on any atom is 0.167 e. The second-order valence-corrected chi connectivity index (χ2v) is 7.33. The van der Waals surface area contributed by atoms with Crippen molar-refractivity contribution in [2.24, 2.45) is 17.9 Å². The number of nitrogens with zero attached hydrogens (tertiary/aromatic N) is 5. The number of fused-ring (bicyclic) bond motifs is 2. The van der Waals surface area contributed by atoms with Gasteiger partial charge in [-0.1, -0.05) is 12.1 Å². The molecule has 0 aliphatic heterocycles. The number of rotatable bonds is 6. The molecule has 9 heteroatoms. The van der Waals surface area contributed by atoms with Gasteiger partial charge in [0.1, 0.15) is 5.01 Å². The minimum atomic E-state index is 0.376. The van der Waals surface area contributed by atoms with E-state index in [0.717, 1.165) is 43.7 Å². The van der Waals surface area contributed by atoms with Crippen molar-refractivity contribution in [1.29, 1.82) is 0 Å². The zero-order chi connectivity index (χ0) is 19.0. The van der Waals surface area contributed by atoms with Crippen LogP contribution in [0.15, 0.2) is 29.5 Å². The predicted octanol–water partition coefficient (Wildman–Crippen LogP) is 2.25. The van der Waals surface area contributed by atoms with E-state index in [1.54, 1.807) is 10.8 Å². The lowest BCUT2D eigenvalue weighted by molar-refractivity contribution is 0.111. The smallest absolute Gasteiger partial charge is 0.167 e. The van der Waals surface area contributed by atoms with Gasteiger partial charge in [-0.15, -0.1) is 11.3 Å². The summed E-state index contributed by atoms with van der Waals surface area (Å²) in [4.78, 5) is 16.1. The minimum absolute atomic E-state index is 0.376. The van der Waals surface area contributed by atoms with E-state index < -0.39 is 0 Å². The number of benzene rings is 1. The molecule has 0 unspecified atom stereocenters. The van der Waals surface area contributed by atoms with Gasteiger partial charge in [0.05, 0.1) is 34.9 Å². The van der Waals surface area contributed by atoms with Crippen molar-refractivity contribution < 1.29 is 4.79 Å². The van der Waals surface area contributed by atoms with E-state index in [1.165, 1.54) is 11.3 Å². The Morgan fingerprint density at radius 3 is 3.07 bits per heavy atom. The number of hydrazone groups is 1. The highest BCUT2D eigenvalue weighted by atomic mass is 32.1. The molecule has 3 aromatic heterocycles. The second-order valence-electron chi connectivity index (χ2n) is 6.25. The van der Waals surface area contributed by atoms with Crippen LogP contribution in [0.1, 0.15) is 26.6 Å². The highest BCUT2D eigenvalue weighted by molar-refractivity contribution is 7.19. The fourth-order valence-electron chi connectivity index (χ4n) is 3.13. The van der Waals surface area contributed by atoms with E-state index >= 15 is 0 Å². The first-order chi connectivity index (χ1) is 13.1. The number of nitrogens with two attached hydrogens (primary N) is 1. The fraction of sp³-hybridized carbons (Fsp3) is 0.222. The van der Waals surface area contributed by atoms with Gasteiger partial charge in [0, 0.05) is 31.6 Å². The van der Waals surface area contributed by atoms with E-state index in [4.69, 9.17) is 5.73 Å². The number of aldehydes is 1. The maximum absolute atomic E-state index is 11.6. The van der Waals surface area contributed by atoms with Gasteiger partial charge in [-0.2, -0.15) is 10.2 Å². The van der Waals surface area contributed by atoms with Crippen LogP contribution in [0, 0.1) is 0 Å². The van der Waals surface area contributed by atoms with Gasteiger partial charge in [-0.25, -0.2) is 4.98 Å². The molecule has 0 radical (unpaired) electrons. The molecule has 0 bridgehead atoms. The summed E-state index contributed by atoms with van der Waals surface area (Å²) in [5.74, 6) is 0. The number of carbonyl (C=O) groups excluding carboxylic acids is 1. The van der Waals surface area contributed by atoms with Crippen LogP contribution in [0.2, 0.25) is 0 Å². The summed E-state index contributed by atoms with van der Waals surface area (Å²) in [6.07, 6.45) is 4.38. The number of hydrogen-bond acceptors (Lipinski definition) is 7. The Morgan fingerprint density at radius 1 is 1.44 bits per heavy atom. The fourth-order valence-corrected chi connectivity index (χ4v) is 4.13. The molecule has 1 aromatic carbocycles. The first-order valence-electron chi connectivity index (χ1n) is 8.41. The number of H-pyrrole nitrogens is 1. The number of aromatic nitrogens is 4. The van der Waals surface area contributed by atoms with Crippen LogP contribution in [-0.2, 0) is 20.1 Å². The number of carbonyl (C=O) groups is 1. The molecule has 0 amide bonds. The monoisotopic (exact) mass is 381 g/mol. The van der Waals surface area contributed by atoms with Crippen molar-refractivity contribution in [3.05, 3.63) is 46.2 Å².